The molecule has 0 saturated heterocycles. The van der Waals surface area contributed by atoms with Crippen molar-refractivity contribution in [1.82, 2.24) is 5.32 Å². The van der Waals surface area contributed by atoms with Gasteiger partial charge in [0.25, 0.3) is 0 Å². The molecule has 0 saturated carbocycles. The Morgan fingerprint density at radius 2 is 1.77 bits per heavy atom. The molecule has 1 amide bonds. The number of hydrogen-bond donors (Lipinski definition) is 1. The van der Waals surface area contributed by atoms with Gasteiger partial charge in [-0.25, -0.2) is 17.6 Å². The van der Waals surface area contributed by atoms with Crippen molar-refractivity contribution < 1.29 is 31.9 Å². The summed E-state index contributed by atoms with van der Waals surface area (Å²) < 4.78 is 53.8. The van der Waals surface area contributed by atoms with Crippen LogP contribution in [0.1, 0.15) is 45.4 Å². The SMILES string of the molecule is CCOCC(=O)CCCCCC(=O)NCCC(F)(F)C(F)F. The molecule has 0 heterocycles. The van der Waals surface area contributed by atoms with E-state index in [0.717, 1.165) is 0 Å². The molecule has 0 atom stereocenters. The van der Waals surface area contributed by atoms with E-state index in [4.69, 9.17) is 4.74 Å². The van der Waals surface area contributed by atoms with Gasteiger partial charge in [-0.2, -0.15) is 0 Å². The molecular weight excluding hydrogens is 306 g/mol. The lowest BCUT2D eigenvalue weighted by molar-refractivity contribution is -0.134. The highest BCUT2D eigenvalue weighted by Gasteiger charge is 2.39. The molecule has 0 fully saturated rings. The van der Waals surface area contributed by atoms with Crippen molar-refractivity contribution in [2.24, 2.45) is 0 Å². The first-order valence-corrected chi connectivity index (χ1v) is 7.31. The number of amides is 1. The van der Waals surface area contributed by atoms with Crippen LogP contribution < -0.4 is 5.32 Å². The Hall–Kier alpha value is -1.18. The van der Waals surface area contributed by atoms with Crippen LogP contribution in [0.4, 0.5) is 17.6 Å². The summed E-state index contributed by atoms with van der Waals surface area (Å²) in [7, 11) is 0. The van der Waals surface area contributed by atoms with Gasteiger partial charge >= 0.3 is 12.3 Å². The van der Waals surface area contributed by atoms with Crippen LogP contribution in [0, 0.1) is 0 Å². The normalized spacial score (nSPS) is 11.7. The van der Waals surface area contributed by atoms with E-state index in [1.165, 1.54) is 0 Å². The van der Waals surface area contributed by atoms with Gasteiger partial charge in [-0.1, -0.05) is 6.42 Å². The van der Waals surface area contributed by atoms with Crippen molar-refractivity contribution in [2.45, 2.75) is 57.8 Å². The van der Waals surface area contributed by atoms with Crippen molar-refractivity contribution in [3.63, 3.8) is 0 Å². The number of alkyl halides is 4. The second-order valence-electron chi connectivity index (χ2n) is 4.90. The summed E-state index contributed by atoms with van der Waals surface area (Å²) in [6.07, 6.45) is -2.51. The summed E-state index contributed by atoms with van der Waals surface area (Å²) >= 11 is 0. The maximum absolute atomic E-state index is 12.6. The third-order valence-corrected chi connectivity index (χ3v) is 2.93. The third kappa shape index (κ3) is 10.5. The number of nitrogens with one attached hydrogen (secondary N) is 1. The van der Waals surface area contributed by atoms with Gasteiger partial charge in [-0.15, -0.1) is 0 Å². The van der Waals surface area contributed by atoms with Gasteiger partial charge < -0.3 is 10.1 Å². The minimum Gasteiger partial charge on any atom is -0.374 e. The minimum absolute atomic E-state index is 0.000493. The molecule has 0 spiro atoms. The van der Waals surface area contributed by atoms with Crippen LogP contribution in [-0.2, 0) is 14.3 Å². The van der Waals surface area contributed by atoms with Crippen LogP contribution in [-0.4, -0.2) is 43.8 Å². The van der Waals surface area contributed by atoms with Crippen LogP contribution >= 0.6 is 0 Å². The molecular formula is C14H23F4NO3. The number of unbranched alkanes of at least 4 members (excludes halogenated alkanes) is 2. The van der Waals surface area contributed by atoms with Crippen molar-refractivity contribution in [3.8, 4) is 0 Å². The monoisotopic (exact) mass is 329 g/mol. The van der Waals surface area contributed by atoms with Crippen molar-refractivity contribution >= 4 is 11.7 Å². The quantitative estimate of drug-likeness (QED) is 0.417. The molecule has 0 radical (unpaired) electrons. The van der Waals surface area contributed by atoms with Crippen molar-refractivity contribution in [1.29, 1.82) is 0 Å². The van der Waals surface area contributed by atoms with Crippen molar-refractivity contribution in [2.75, 3.05) is 19.8 Å². The summed E-state index contributed by atoms with van der Waals surface area (Å²) in [5, 5.41) is 2.18. The standard InChI is InChI=1S/C14H23F4NO3/c1-2-22-10-11(20)6-4-3-5-7-12(21)19-9-8-14(17,18)13(15)16/h13H,2-10H2,1H3,(H,19,21). The molecule has 0 aromatic carbocycles. The van der Waals surface area contributed by atoms with Crippen LogP contribution in [0.25, 0.3) is 0 Å². The van der Waals surface area contributed by atoms with E-state index in [2.05, 4.69) is 5.32 Å². The number of carbonyl (C=O) groups excluding carboxylic acids is 2. The van der Waals surface area contributed by atoms with Crippen LogP contribution in [0.5, 0.6) is 0 Å². The molecule has 0 aliphatic heterocycles. The van der Waals surface area contributed by atoms with E-state index < -0.39 is 31.2 Å². The molecule has 0 aromatic heterocycles. The highest BCUT2D eigenvalue weighted by atomic mass is 19.3. The fourth-order valence-corrected chi connectivity index (χ4v) is 1.64. The van der Waals surface area contributed by atoms with E-state index in [0.29, 0.717) is 32.3 Å². The van der Waals surface area contributed by atoms with E-state index in [1.54, 1.807) is 6.92 Å². The number of rotatable bonds is 13. The first-order valence-electron chi connectivity index (χ1n) is 7.31. The summed E-state index contributed by atoms with van der Waals surface area (Å²) in [6.45, 7) is 1.89. The number of ether oxygens (including phenoxy) is 1. The topological polar surface area (TPSA) is 55.4 Å². The summed E-state index contributed by atoms with van der Waals surface area (Å²) in [4.78, 5) is 22.6. The Balaban J connectivity index is 3.57. The Morgan fingerprint density at radius 1 is 1.14 bits per heavy atom. The second-order valence-corrected chi connectivity index (χ2v) is 4.90. The van der Waals surface area contributed by atoms with E-state index >= 15 is 0 Å². The summed E-state index contributed by atoms with van der Waals surface area (Å²) in [5.74, 6) is -4.53. The van der Waals surface area contributed by atoms with Gasteiger partial charge in [-0.05, 0) is 19.8 Å². The van der Waals surface area contributed by atoms with E-state index in [9.17, 15) is 27.2 Å². The lowest BCUT2D eigenvalue weighted by Crippen LogP contribution is -2.33. The van der Waals surface area contributed by atoms with Gasteiger partial charge in [0.05, 0.1) is 0 Å². The number of halogens is 4. The highest BCUT2D eigenvalue weighted by molar-refractivity contribution is 5.79. The Morgan fingerprint density at radius 3 is 2.36 bits per heavy atom. The molecule has 8 heteroatoms. The summed E-state index contributed by atoms with van der Waals surface area (Å²) in [5.41, 5.74) is 0. The molecule has 22 heavy (non-hydrogen) atoms. The molecule has 0 aliphatic rings. The fourth-order valence-electron chi connectivity index (χ4n) is 1.64. The zero-order valence-corrected chi connectivity index (χ0v) is 12.7. The zero-order chi connectivity index (χ0) is 17.0. The maximum atomic E-state index is 12.6. The predicted molar refractivity (Wildman–Crippen MR) is 73.2 cm³/mol. The summed E-state index contributed by atoms with van der Waals surface area (Å²) in [6, 6.07) is 0. The third-order valence-electron chi connectivity index (χ3n) is 2.93. The fraction of sp³-hybridized carbons (Fsp3) is 0.857. The van der Waals surface area contributed by atoms with Crippen LogP contribution in [0.15, 0.2) is 0 Å². The molecule has 0 bridgehead atoms. The first kappa shape index (κ1) is 20.8. The second kappa shape index (κ2) is 11.4. The van der Waals surface area contributed by atoms with E-state index in [-0.39, 0.29) is 18.8 Å². The smallest absolute Gasteiger partial charge is 0.309 e. The highest BCUT2D eigenvalue weighted by Crippen LogP contribution is 2.25. The molecule has 1 N–H and O–H groups in total. The first-order chi connectivity index (χ1) is 10.3. The lowest BCUT2D eigenvalue weighted by atomic mass is 10.1. The number of ketones is 1. The molecule has 0 aromatic rings. The van der Waals surface area contributed by atoms with Gasteiger partial charge in [0.1, 0.15) is 6.61 Å². The lowest BCUT2D eigenvalue weighted by Gasteiger charge is -2.15. The largest absolute Gasteiger partial charge is 0.374 e. The zero-order valence-electron chi connectivity index (χ0n) is 12.7. The van der Waals surface area contributed by atoms with Gasteiger partial charge in [0.15, 0.2) is 5.78 Å². The number of carbonyl (C=O) groups is 2. The average Bonchev–Trinajstić information content (AvgIpc) is 2.44. The van der Waals surface area contributed by atoms with Crippen LogP contribution in [0.3, 0.4) is 0 Å². The Labute approximate surface area is 127 Å². The molecule has 0 aliphatic carbocycles. The van der Waals surface area contributed by atoms with Gasteiger partial charge in [0.2, 0.25) is 5.91 Å². The van der Waals surface area contributed by atoms with E-state index in [1.807, 2.05) is 0 Å². The molecule has 0 rings (SSSR count). The van der Waals surface area contributed by atoms with Gasteiger partial charge in [-0.3, -0.25) is 9.59 Å². The Bertz CT molecular complexity index is 338. The van der Waals surface area contributed by atoms with Gasteiger partial charge in [0, 0.05) is 32.4 Å². The predicted octanol–water partition coefficient (Wildman–Crippen LogP) is 2.95. The Kier molecular flexibility index (Phi) is 10.8. The number of hydrogen-bond acceptors (Lipinski definition) is 3. The van der Waals surface area contributed by atoms with Crippen LogP contribution in [0.2, 0.25) is 0 Å². The minimum atomic E-state index is -4.08. The average molecular weight is 329 g/mol. The molecule has 4 nitrogen and oxygen atoms in total. The molecule has 0 unspecified atom stereocenters. The van der Waals surface area contributed by atoms with Crippen molar-refractivity contribution in [3.05, 3.63) is 0 Å². The maximum Gasteiger partial charge on any atom is 0.309 e. The molecule has 130 valence electrons. The number of Topliss-reactive ketones (excluding diaryl/α,β-unsaturated/α-hetero) is 1.